The molecule has 0 fully saturated rings. The molecule has 0 unspecified atom stereocenters. The van der Waals surface area contributed by atoms with Crippen molar-refractivity contribution >= 4 is 50.9 Å². The van der Waals surface area contributed by atoms with Crippen LogP contribution in [0.4, 0.5) is 0 Å². The molecule has 0 radical (unpaired) electrons. The van der Waals surface area contributed by atoms with Crippen LogP contribution < -0.4 is 9.61 Å². The van der Waals surface area contributed by atoms with Crippen LogP contribution in [0.25, 0.3) is 10.2 Å². The number of halogens is 1. The maximum absolute atomic E-state index is 12.8. The molecule has 0 saturated carbocycles. The van der Waals surface area contributed by atoms with Crippen LogP contribution in [0.2, 0.25) is 5.02 Å². The van der Waals surface area contributed by atoms with Crippen molar-refractivity contribution in [2.45, 2.75) is 13.0 Å². The molecule has 2 N–H and O–H groups in total. The standard InChI is InChI=1S/C26H20ClNO7S/c27-18-6-3-16(4-7-18)23(29)17-5-10-21-22(14-17)36-26(34)28(21)11-12-35-19-8-1-15(2-9-19)13-20(24(30)31)25(32)33/h1-10,14,20H,11-13H2,(H,30,31)(H,32,33). The number of hydrogen-bond acceptors (Lipinski definition) is 6. The first kappa shape index (κ1) is 25.2. The third-order valence-electron chi connectivity index (χ3n) is 5.58. The summed E-state index contributed by atoms with van der Waals surface area (Å²) in [7, 11) is 0. The van der Waals surface area contributed by atoms with Crippen molar-refractivity contribution in [1.82, 2.24) is 4.57 Å². The van der Waals surface area contributed by atoms with E-state index < -0.39 is 17.9 Å². The summed E-state index contributed by atoms with van der Waals surface area (Å²) in [5.74, 6) is -3.96. The average molecular weight is 526 g/mol. The lowest BCUT2D eigenvalue weighted by Crippen LogP contribution is -2.25. The maximum Gasteiger partial charge on any atom is 0.318 e. The Morgan fingerprint density at radius 2 is 1.56 bits per heavy atom. The van der Waals surface area contributed by atoms with Crippen molar-refractivity contribution in [2.75, 3.05) is 6.61 Å². The van der Waals surface area contributed by atoms with Crippen LogP contribution >= 0.6 is 22.9 Å². The zero-order valence-corrected chi connectivity index (χ0v) is 20.3. The normalized spacial score (nSPS) is 11.1. The van der Waals surface area contributed by atoms with Gasteiger partial charge in [0, 0.05) is 16.1 Å². The van der Waals surface area contributed by atoms with Gasteiger partial charge in [0.15, 0.2) is 11.7 Å². The number of carbonyl (C=O) groups is 3. The Morgan fingerprint density at radius 3 is 2.19 bits per heavy atom. The Balaban J connectivity index is 1.41. The van der Waals surface area contributed by atoms with Crippen molar-refractivity contribution < 1.29 is 29.3 Å². The minimum Gasteiger partial charge on any atom is -0.492 e. The van der Waals surface area contributed by atoms with Crippen molar-refractivity contribution in [3.63, 3.8) is 0 Å². The number of aliphatic carboxylic acids is 2. The molecule has 0 bridgehead atoms. The molecule has 0 spiro atoms. The van der Waals surface area contributed by atoms with E-state index >= 15 is 0 Å². The zero-order valence-electron chi connectivity index (χ0n) is 18.7. The van der Waals surface area contributed by atoms with E-state index in [4.69, 9.17) is 26.6 Å². The van der Waals surface area contributed by atoms with Gasteiger partial charge in [0.05, 0.1) is 16.8 Å². The summed E-state index contributed by atoms with van der Waals surface area (Å²) in [6.07, 6.45) is -0.135. The first-order valence-corrected chi connectivity index (χ1v) is 12.0. The molecule has 0 atom stereocenters. The van der Waals surface area contributed by atoms with Crippen molar-refractivity contribution in [3.05, 3.63) is 98.1 Å². The first-order valence-electron chi connectivity index (χ1n) is 10.8. The Labute approximate surface area is 214 Å². The minimum atomic E-state index is -1.52. The van der Waals surface area contributed by atoms with E-state index in [0.717, 1.165) is 11.3 Å². The number of rotatable bonds is 10. The number of ketones is 1. The van der Waals surface area contributed by atoms with Crippen molar-refractivity contribution in [2.24, 2.45) is 5.92 Å². The van der Waals surface area contributed by atoms with E-state index in [0.29, 0.717) is 37.7 Å². The van der Waals surface area contributed by atoms with Gasteiger partial charge in [-0.25, -0.2) is 0 Å². The van der Waals surface area contributed by atoms with Crippen molar-refractivity contribution in [3.8, 4) is 5.75 Å². The third-order valence-corrected chi connectivity index (χ3v) is 6.77. The van der Waals surface area contributed by atoms with Gasteiger partial charge in [-0.15, -0.1) is 0 Å². The van der Waals surface area contributed by atoms with Gasteiger partial charge in [-0.05, 0) is 66.6 Å². The molecule has 10 heteroatoms. The fourth-order valence-corrected chi connectivity index (χ4v) is 4.76. The minimum absolute atomic E-state index is 0.135. The molecule has 1 heterocycles. The van der Waals surface area contributed by atoms with E-state index in [-0.39, 0.29) is 30.2 Å². The summed E-state index contributed by atoms with van der Waals surface area (Å²) in [4.78, 5) is 47.3. The summed E-state index contributed by atoms with van der Waals surface area (Å²) in [5, 5.41) is 18.6. The van der Waals surface area contributed by atoms with E-state index in [1.807, 2.05) is 0 Å². The van der Waals surface area contributed by atoms with E-state index in [2.05, 4.69) is 0 Å². The number of fused-ring (bicyclic) bond motifs is 1. The molecule has 8 nitrogen and oxygen atoms in total. The number of thiazole rings is 1. The lowest BCUT2D eigenvalue weighted by molar-refractivity contribution is -0.154. The Kier molecular flexibility index (Phi) is 7.52. The quantitative estimate of drug-likeness (QED) is 0.233. The second-order valence-electron chi connectivity index (χ2n) is 7.96. The Hall–Kier alpha value is -3.95. The van der Waals surface area contributed by atoms with Crippen LogP contribution in [0, 0.1) is 5.92 Å². The fraction of sp³-hybridized carbons (Fsp3) is 0.154. The summed E-state index contributed by atoms with van der Waals surface area (Å²) in [5.41, 5.74) is 2.24. The summed E-state index contributed by atoms with van der Waals surface area (Å²) in [6.45, 7) is 0.481. The average Bonchev–Trinajstić information content (AvgIpc) is 3.17. The largest absolute Gasteiger partial charge is 0.492 e. The number of nitrogens with zero attached hydrogens (tertiary/aromatic N) is 1. The van der Waals surface area contributed by atoms with Gasteiger partial charge in [0.1, 0.15) is 12.4 Å². The molecule has 4 rings (SSSR count). The highest BCUT2D eigenvalue weighted by atomic mass is 35.5. The summed E-state index contributed by atoms with van der Waals surface area (Å²) < 4.78 is 7.98. The van der Waals surface area contributed by atoms with E-state index in [9.17, 15) is 19.2 Å². The van der Waals surface area contributed by atoms with Crippen molar-refractivity contribution in [1.29, 1.82) is 0 Å². The molecule has 0 aliphatic carbocycles. The maximum atomic E-state index is 12.8. The lowest BCUT2D eigenvalue weighted by Gasteiger charge is -2.10. The van der Waals surface area contributed by atoms with Gasteiger partial charge in [-0.3, -0.25) is 23.7 Å². The van der Waals surface area contributed by atoms with Gasteiger partial charge in [0.25, 0.3) is 0 Å². The van der Waals surface area contributed by atoms with Crippen LogP contribution in [0.1, 0.15) is 21.5 Å². The Bertz CT molecular complexity index is 1480. The number of ether oxygens (including phenoxy) is 1. The molecule has 3 aromatic carbocycles. The molecule has 184 valence electrons. The van der Waals surface area contributed by atoms with Crippen LogP contribution in [-0.2, 0) is 22.6 Å². The monoisotopic (exact) mass is 525 g/mol. The fourth-order valence-electron chi connectivity index (χ4n) is 3.68. The zero-order chi connectivity index (χ0) is 25.8. The second kappa shape index (κ2) is 10.8. The number of carboxylic acid groups (broad SMARTS) is 2. The molecule has 0 aliphatic rings. The van der Waals surface area contributed by atoms with Gasteiger partial charge in [0.2, 0.25) is 0 Å². The van der Waals surface area contributed by atoms with E-state index in [1.165, 1.54) is 0 Å². The smallest absolute Gasteiger partial charge is 0.318 e. The Morgan fingerprint density at radius 1 is 0.917 bits per heavy atom. The molecule has 0 aliphatic heterocycles. The predicted molar refractivity (Wildman–Crippen MR) is 135 cm³/mol. The summed E-state index contributed by atoms with van der Waals surface area (Å²) >= 11 is 6.94. The number of aromatic nitrogens is 1. The number of benzene rings is 3. The molecule has 36 heavy (non-hydrogen) atoms. The van der Waals surface area contributed by atoms with Crippen LogP contribution in [-0.4, -0.2) is 39.1 Å². The van der Waals surface area contributed by atoms with Gasteiger partial charge >= 0.3 is 16.8 Å². The molecule has 4 aromatic rings. The topological polar surface area (TPSA) is 123 Å². The number of hydrogen-bond donors (Lipinski definition) is 2. The number of carboxylic acids is 2. The molecular weight excluding hydrogens is 506 g/mol. The highest BCUT2D eigenvalue weighted by Gasteiger charge is 2.25. The lowest BCUT2D eigenvalue weighted by atomic mass is 10.00. The molecule has 0 saturated heterocycles. The molecule has 1 aromatic heterocycles. The summed E-state index contributed by atoms with van der Waals surface area (Å²) in [6, 6.07) is 18.2. The highest BCUT2D eigenvalue weighted by Crippen LogP contribution is 2.22. The van der Waals surface area contributed by atoms with Crippen LogP contribution in [0.15, 0.2) is 71.5 Å². The highest BCUT2D eigenvalue weighted by molar-refractivity contribution is 7.16. The molecule has 0 amide bonds. The van der Waals surface area contributed by atoms with Gasteiger partial charge in [-0.1, -0.05) is 35.1 Å². The predicted octanol–water partition coefficient (Wildman–Crippen LogP) is 4.35. The third kappa shape index (κ3) is 5.64. The first-order chi connectivity index (χ1) is 17.2. The number of carbonyl (C=O) groups excluding carboxylic acids is 1. The second-order valence-corrected chi connectivity index (χ2v) is 9.39. The molecular formula is C26H20ClNO7S. The van der Waals surface area contributed by atoms with E-state index in [1.54, 1.807) is 71.3 Å². The SMILES string of the molecule is O=C(c1ccc(Cl)cc1)c1ccc2c(c1)sc(=O)n2CCOc1ccc(CC(C(=O)O)C(=O)O)cc1. The van der Waals surface area contributed by atoms with Gasteiger partial charge < -0.3 is 14.9 Å². The van der Waals surface area contributed by atoms with Gasteiger partial charge in [-0.2, -0.15) is 0 Å². The van der Waals surface area contributed by atoms with Crippen LogP contribution in [0.5, 0.6) is 5.75 Å². The van der Waals surface area contributed by atoms with Crippen LogP contribution in [0.3, 0.4) is 0 Å².